The third kappa shape index (κ3) is 4.94. The van der Waals surface area contributed by atoms with Crippen LogP contribution in [0.15, 0.2) is 23.1 Å². The first kappa shape index (κ1) is 18.3. The Labute approximate surface area is 144 Å². The van der Waals surface area contributed by atoms with Crippen LogP contribution in [0.1, 0.15) is 18.4 Å². The second-order valence-corrected chi connectivity index (χ2v) is 8.71. The summed E-state index contributed by atoms with van der Waals surface area (Å²) >= 11 is 3.32. The molecule has 0 fully saturated rings. The molecule has 0 spiro atoms. The maximum Gasteiger partial charge on any atom is 0.265 e. The van der Waals surface area contributed by atoms with E-state index in [-0.39, 0.29) is 5.75 Å². The van der Waals surface area contributed by atoms with Gasteiger partial charge >= 0.3 is 0 Å². The highest BCUT2D eigenvalue weighted by atomic mass is 32.2. The lowest BCUT2D eigenvalue weighted by Crippen LogP contribution is -2.36. The van der Waals surface area contributed by atoms with E-state index in [0.29, 0.717) is 13.0 Å². The van der Waals surface area contributed by atoms with E-state index in [0.717, 1.165) is 21.0 Å². The Morgan fingerprint density at radius 1 is 1.48 bits per heavy atom. The van der Waals surface area contributed by atoms with Crippen LogP contribution in [-0.2, 0) is 16.7 Å². The number of rotatable bonds is 7. The topological polar surface area (TPSA) is 67.5 Å². The molecule has 8 heteroatoms. The average molecular weight is 375 g/mol. The van der Waals surface area contributed by atoms with Gasteiger partial charge in [-0.1, -0.05) is 11.3 Å². The molecule has 0 atom stereocenters. The normalized spacial score (nSPS) is 12.8. The van der Waals surface area contributed by atoms with Crippen molar-refractivity contribution in [3.63, 3.8) is 0 Å². The second kappa shape index (κ2) is 7.65. The monoisotopic (exact) mass is 374 g/mol. The molecule has 2 rings (SSSR count). The Hall–Kier alpha value is -1.09. The van der Waals surface area contributed by atoms with Crippen molar-refractivity contribution in [3.8, 4) is 5.75 Å². The zero-order valence-corrected chi connectivity index (χ0v) is 15.7. The highest BCUT2D eigenvalue weighted by molar-refractivity contribution is 8.02. The van der Waals surface area contributed by atoms with Crippen LogP contribution in [0.4, 0.5) is 0 Å². The van der Waals surface area contributed by atoms with Gasteiger partial charge in [0.25, 0.3) is 15.1 Å². The molecule has 0 saturated carbocycles. The summed E-state index contributed by atoms with van der Waals surface area (Å²) < 4.78 is 39.3. The molecule has 2 aromatic rings. The van der Waals surface area contributed by atoms with Crippen molar-refractivity contribution in [1.29, 1.82) is 0 Å². The SMILES string of the molecule is COc1ccc2sc(C=C(C)SC)[n+](CCCS(=O)(=O)O)c2c1. The lowest BCUT2D eigenvalue weighted by molar-refractivity contribution is -0.668. The maximum atomic E-state index is 10.9. The Kier molecular flexibility index (Phi) is 6.07. The number of methoxy groups -OCH3 is 1. The number of thiazole rings is 1. The van der Waals surface area contributed by atoms with Gasteiger partial charge in [-0.05, 0) is 30.2 Å². The molecule has 0 unspecified atom stereocenters. The van der Waals surface area contributed by atoms with Gasteiger partial charge in [-0.3, -0.25) is 4.55 Å². The summed E-state index contributed by atoms with van der Waals surface area (Å²) in [6, 6.07) is 5.87. The smallest absolute Gasteiger partial charge is 0.265 e. The van der Waals surface area contributed by atoms with E-state index < -0.39 is 10.1 Å². The number of benzene rings is 1. The molecule has 0 saturated heterocycles. The number of thioether (sulfide) groups is 1. The summed E-state index contributed by atoms with van der Waals surface area (Å²) in [5.41, 5.74) is 1.00. The van der Waals surface area contributed by atoms with Crippen LogP contribution in [-0.4, -0.2) is 32.1 Å². The van der Waals surface area contributed by atoms with Crippen LogP contribution in [0.2, 0.25) is 0 Å². The van der Waals surface area contributed by atoms with Crippen LogP contribution in [0.5, 0.6) is 5.75 Å². The summed E-state index contributed by atoms with van der Waals surface area (Å²) in [5, 5.41) is 1.05. The van der Waals surface area contributed by atoms with E-state index in [2.05, 4.69) is 10.6 Å². The maximum absolute atomic E-state index is 10.9. The first-order valence-corrected chi connectivity index (χ1v) is 10.7. The van der Waals surface area contributed by atoms with Crippen LogP contribution < -0.4 is 9.30 Å². The third-order valence-corrected chi connectivity index (χ3v) is 6.05. The van der Waals surface area contributed by atoms with Crippen LogP contribution in [0.25, 0.3) is 16.3 Å². The Bertz CT molecular complexity index is 825. The Morgan fingerprint density at radius 2 is 2.22 bits per heavy atom. The molecule has 0 amide bonds. The van der Waals surface area contributed by atoms with E-state index >= 15 is 0 Å². The molecule has 1 heterocycles. The molecule has 1 aromatic heterocycles. The highest BCUT2D eigenvalue weighted by Gasteiger charge is 2.20. The molecule has 0 bridgehead atoms. The Morgan fingerprint density at radius 3 is 2.83 bits per heavy atom. The van der Waals surface area contributed by atoms with Crippen molar-refractivity contribution < 1.29 is 22.3 Å². The van der Waals surface area contributed by atoms with Gasteiger partial charge < -0.3 is 4.74 Å². The van der Waals surface area contributed by atoms with Crippen molar-refractivity contribution in [2.75, 3.05) is 19.1 Å². The molecule has 23 heavy (non-hydrogen) atoms. The van der Waals surface area contributed by atoms with Crippen molar-refractivity contribution in [2.24, 2.45) is 0 Å². The zero-order chi connectivity index (χ0) is 17.0. The number of nitrogens with zero attached hydrogens (tertiary/aromatic N) is 1. The van der Waals surface area contributed by atoms with Gasteiger partial charge in [0.15, 0.2) is 6.54 Å². The lowest BCUT2D eigenvalue weighted by Gasteiger charge is -2.00. The minimum Gasteiger partial charge on any atom is -0.497 e. The van der Waals surface area contributed by atoms with E-state index in [1.807, 2.05) is 31.4 Å². The van der Waals surface area contributed by atoms with Crippen molar-refractivity contribution in [2.45, 2.75) is 19.9 Å². The van der Waals surface area contributed by atoms with E-state index in [1.54, 1.807) is 30.2 Å². The second-order valence-electron chi connectivity index (χ2n) is 5.02. The van der Waals surface area contributed by atoms with Crippen molar-refractivity contribution in [1.82, 2.24) is 0 Å². The summed E-state index contributed by atoms with van der Waals surface area (Å²) in [7, 11) is -2.32. The van der Waals surface area contributed by atoms with E-state index in [4.69, 9.17) is 9.29 Å². The first-order valence-electron chi connectivity index (χ1n) is 7.02. The lowest BCUT2D eigenvalue weighted by atomic mass is 10.3. The minimum atomic E-state index is -3.94. The molecule has 1 aromatic carbocycles. The van der Waals surface area contributed by atoms with Crippen LogP contribution >= 0.6 is 23.1 Å². The molecule has 1 N–H and O–H groups in total. The molecule has 0 radical (unpaired) electrons. The number of ether oxygens (including phenoxy) is 1. The number of allylic oxidation sites excluding steroid dienone is 1. The molecule has 0 aliphatic heterocycles. The van der Waals surface area contributed by atoms with Crippen LogP contribution in [0.3, 0.4) is 0 Å². The summed E-state index contributed by atoms with van der Waals surface area (Å²) in [5.74, 6) is 0.516. The van der Waals surface area contributed by atoms with Crippen molar-refractivity contribution in [3.05, 3.63) is 28.1 Å². The Balaban J connectivity index is 2.44. The van der Waals surface area contributed by atoms with E-state index in [1.165, 1.54) is 4.91 Å². The summed E-state index contributed by atoms with van der Waals surface area (Å²) in [4.78, 5) is 1.17. The van der Waals surface area contributed by atoms with E-state index in [9.17, 15) is 8.42 Å². The highest BCUT2D eigenvalue weighted by Crippen LogP contribution is 2.27. The molecule has 126 valence electrons. The summed E-state index contributed by atoms with van der Waals surface area (Å²) in [6.07, 6.45) is 4.46. The predicted molar refractivity (Wildman–Crippen MR) is 96.8 cm³/mol. The zero-order valence-electron chi connectivity index (χ0n) is 13.3. The van der Waals surface area contributed by atoms with Gasteiger partial charge in [0, 0.05) is 12.5 Å². The molecular weight excluding hydrogens is 354 g/mol. The van der Waals surface area contributed by atoms with Gasteiger partial charge in [0.05, 0.1) is 18.9 Å². The molecule has 0 aliphatic carbocycles. The van der Waals surface area contributed by atoms with Gasteiger partial charge in [-0.15, -0.1) is 11.8 Å². The number of hydrogen-bond donors (Lipinski definition) is 1. The van der Waals surface area contributed by atoms with Gasteiger partial charge in [0.2, 0.25) is 5.52 Å². The third-order valence-electron chi connectivity index (χ3n) is 3.37. The van der Waals surface area contributed by atoms with Crippen molar-refractivity contribution >= 4 is 49.5 Å². The number of aryl methyl sites for hydroxylation is 1. The minimum absolute atomic E-state index is 0.244. The largest absolute Gasteiger partial charge is 0.497 e. The van der Waals surface area contributed by atoms with Gasteiger partial charge in [-0.25, -0.2) is 0 Å². The molecular formula is C15H20NO4S3+. The fraction of sp³-hybridized carbons (Fsp3) is 0.400. The average Bonchev–Trinajstić information content (AvgIpc) is 2.82. The molecule has 5 nitrogen and oxygen atoms in total. The number of hydrogen-bond acceptors (Lipinski definition) is 5. The number of fused-ring (bicyclic) bond motifs is 1. The fourth-order valence-corrected chi connectivity index (χ4v) is 4.15. The standard InChI is InChI=1S/C15H19NO4S3/c1-11(21-3)9-15-16(7-4-8-23(17,18)19)13-10-12(20-2)5-6-14(13)22-15/h5-6,9-10H,4,7-8H2,1-3H3/p+1. The van der Waals surface area contributed by atoms with Gasteiger partial charge in [-0.2, -0.15) is 13.0 Å². The van der Waals surface area contributed by atoms with Crippen LogP contribution in [0, 0.1) is 0 Å². The molecule has 0 aliphatic rings. The predicted octanol–water partition coefficient (Wildman–Crippen LogP) is 3.20. The quantitative estimate of drug-likeness (QED) is 0.595. The fourth-order valence-electron chi connectivity index (χ4n) is 2.18. The van der Waals surface area contributed by atoms with Gasteiger partial charge in [0.1, 0.15) is 10.4 Å². The number of aromatic nitrogens is 1. The first-order chi connectivity index (χ1) is 10.8. The summed E-state index contributed by atoms with van der Waals surface area (Å²) in [6.45, 7) is 2.55.